The highest BCUT2D eigenvalue weighted by Gasteiger charge is 2.52. The number of alkyl halides is 3. The SMILES string of the molecule is Cc1c(F)c(N)cc(-c2nc3c4c(nc(OCC56COC(CC5C)C6)nc4c2F)N2C[C@H]4CC[C@H](N4)[C@H]2[C@H](C)O3)c1C(F)(F)F. The molecule has 1 aliphatic carbocycles. The molecule has 3 aromatic rings. The summed E-state index contributed by atoms with van der Waals surface area (Å²) in [6.45, 7) is 6.30. The highest BCUT2D eigenvalue weighted by atomic mass is 19.4. The van der Waals surface area contributed by atoms with E-state index in [0.717, 1.165) is 38.7 Å². The number of nitrogen functional groups attached to an aromatic ring is 1. The first-order valence-corrected chi connectivity index (χ1v) is 15.4. The molecule has 3 unspecified atom stereocenters. The number of hydrogen-bond donors (Lipinski definition) is 2. The van der Waals surface area contributed by atoms with Gasteiger partial charge in [-0.15, -0.1) is 0 Å². The average Bonchev–Trinajstić information content (AvgIpc) is 3.64. The topological polar surface area (TPSA) is 108 Å². The van der Waals surface area contributed by atoms with Gasteiger partial charge in [0.15, 0.2) is 5.82 Å². The van der Waals surface area contributed by atoms with Crippen LogP contribution in [0.4, 0.5) is 33.5 Å². The molecular weight excluding hydrogens is 599 g/mol. The fraction of sp³-hybridized carbons (Fsp3) is 0.581. The van der Waals surface area contributed by atoms with Crippen LogP contribution in [0.15, 0.2) is 6.07 Å². The molecular formula is C31H33F5N6O3. The largest absolute Gasteiger partial charge is 0.472 e. The molecule has 4 fully saturated rings. The van der Waals surface area contributed by atoms with Crippen LogP contribution in [0.5, 0.6) is 11.9 Å². The molecule has 0 spiro atoms. The standard InChI is InChI=1S/C31H33F5N6O3/c1-12-6-16-8-30(12,10-43-16)11-44-29-40-25-20-27(41-29)42-9-15-4-5-19(38-15)26(42)14(3)45-28(20)39-24(23(25)33)17-7-18(37)22(32)13(2)21(17)31(34,35)36/h7,12,14-16,19,26,38H,4-6,8-11,37H2,1-3H3/t12?,14-,15+,16?,19-,26+,30?/m0/s1. The molecule has 1 aromatic carbocycles. The fourth-order valence-corrected chi connectivity index (χ4v) is 8.35. The fourth-order valence-electron chi connectivity index (χ4n) is 8.35. The first-order chi connectivity index (χ1) is 21.3. The van der Waals surface area contributed by atoms with Crippen LogP contribution in [-0.4, -0.2) is 65.0 Å². The molecule has 6 heterocycles. The minimum Gasteiger partial charge on any atom is -0.472 e. The van der Waals surface area contributed by atoms with Gasteiger partial charge in [0.25, 0.3) is 0 Å². The predicted octanol–water partition coefficient (Wildman–Crippen LogP) is 5.16. The molecule has 5 aliphatic rings. The molecule has 2 aromatic heterocycles. The first-order valence-electron chi connectivity index (χ1n) is 15.4. The van der Waals surface area contributed by atoms with Crippen LogP contribution < -0.4 is 25.4 Å². The van der Waals surface area contributed by atoms with Crippen molar-refractivity contribution in [2.24, 2.45) is 11.3 Å². The molecule has 7 atom stereocenters. The summed E-state index contributed by atoms with van der Waals surface area (Å²) in [5.74, 6) is -1.77. The Morgan fingerprint density at radius 1 is 1.16 bits per heavy atom. The van der Waals surface area contributed by atoms with Crippen molar-refractivity contribution in [3.05, 3.63) is 28.8 Å². The molecule has 4 aliphatic heterocycles. The smallest absolute Gasteiger partial charge is 0.417 e. The van der Waals surface area contributed by atoms with E-state index in [9.17, 15) is 17.6 Å². The van der Waals surface area contributed by atoms with Crippen LogP contribution in [0.1, 0.15) is 50.7 Å². The van der Waals surface area contributed by atoms with Crippen LogP contribution in [0.25, 0.3) is 22.2 Å². The first kappa shape index (κ1) is 28.9. The summed E-state index contributed by atoms with van der Waals surface area (Å²) in [5, 5.41) is 3.77. The molecule has 1 saturated carbocycles. The van der Waals surface area contributed by atoms with Crippen molar-refractivity contribution in [1.29, 1.82) is 0 Å². The quantitative estimate of drug-likeness (QED) is 0.298. The van der Waals surface area contributed by atoms with E-state index < -0.39 is 52.0 Å². The second kappa shape index (κ2) is 9.74. The number of ether oxygens (including phenoxy) is 3. The molecule has 9 nitrogen and oxygen atoms in total. The molecule has 0 radical (unpaired) electrons. The monoisotopic (exact) mass is 632 g/mol. The molecule has 45 heavy (non-hydrogen) atoms. The Kier molecular flexibility index (Phi) is 6.26. The lowest BCUT2D eigenvalue weighted by Gasteiger charge is -2.42. The van der Waals surface area contributed by atoms with E-state index in [4.69, 9.17) is 24.9 Å². The van der Waals surface area contributed by atoms with Crippen LogP contribution in [-0.2, 0) is 10.9 Å². The molecule has 3 N–H and O–H groups in total. The van der Waals surface area contributed by atoms with Crippen molar-refractivity contribution in [1.82, 2.24) is 20.3 Å². The van der Waals surface area contributed by atoms with Gasteiger partial charge in [0.05, 0.1) is 36.6 Å². The zero-order valence-corrected chi connectivity index (χ0v) is 25.0. The number of benzene rings is 1. The number of nitrogens with zero attached hydrogens (tertiary/aromatic N) is 4. The van der Waals surface area contributed by atoms with Gasteiger partial charge in [-0.05, 0) is 57.1 Å². The minimum atomic E-state index is -5.03. The molecule has 14 heteroatoms. The Morgan fingerprint density at radius 3 is 2.67 bits per heavy atom. The lowest BCUT2D eigenvalue weighted by molar-refractivity contribution is -0.137. The number of piperazine rings is 1. The van der Waals surface area contributed by atoms with Crippen molar-refractivity contribution < 1.29 is 36.2 Å². The normalized spacial score (nSPS) is 31.7. The van der Waals surface area contributed by atoms with Gasteiger partial charge in [-0.25, -0.2) is 13.8 Å². The third kappa shape index (κ3) is 4.27. The summed E-state index contributed by atoms with van der Waals surface area (Å²) in [6.07, 6.45) is -1.76. The van der Waals surface area contributed by atoms with E-state index in [2.05, 4.69) is 27.1 Å². The van der Waals surface area contributed by atoms with Gasteiger partial charge in [0.1, 0.15) is 34.3 Å². The van der Waals surface area contributed by atoms with E-state index in [1.54, 1.807) is 0 Å². The summed E-state index contributed by atoms with van der Waals surface area (Å²) in [7, 11) is 0. The lowest BCUT2D eigenvalue weighted by atomic mass is 9.81. The highest BCUT2D eigenvalue weighted by Crippen LogP contribution is 2.51. The number of rotatable bonds is 4. The number of anilines is 2. The van der Waals surface area contributed by atoms with E-state index >= 15 is 4.39 Å². The van der Waals surface area contributed by atoms with Gasteiger partial charge in [-0.1, -0.05) is 6.92 Å². The second-order valence-corrected chi connectivity index (χ2v) is 13.4. The number of hydrogen-bond acceptors (Lipinski definition) is 9. The zero-order chi connectivity index (χ0) is 31.6. The number of nitrogens with two attached hydrogens (primary N) is 1. The highest BCUT2D eigenvalue weighted by molar-refractivity contribution is 5.97. The van der Waals surface area contributed by atoms with Gasteiger partial charge in [0.2, 0.25) is 5.88 Å². The summed E-state index contributed by atoms with van der Waals surface area (Å²) in [5.41, 5.74) is 1.15. The zero-order valence-electron chi connectivity index (χ0n) is 25.0. The number of aromatic nitrogens is 3. The van der Waals surface area contributed by atoms with Crippen molar-refractivity contribution in [2.75, 3.05) is 30.4 Å². The Morgan fingerprint density at radius 2 is 1.96 bits per heavy atom. The maximum Gasteiger partial charge on any atom is 0.417 e. The van der Waals surface area contributed by atoms with Gasteiger partial charge in [-0.2, -0.15) is 23.1 Å². The van der Waals surface area contributed by atoms with Crippen molar-refractivity contribution in [2.45, 2.75) is 83.0 Å². The summed E-state index contributed by atoms with van der Waals surface area (Å²) in [4.78, 5) is 15.7. The number of fused-ring (bicyclic) bond motifs is 7. The number of halogens is 5. The lowest BCUT2D eigenvalue weighted by Crippen LogP contribution is -2.62. The van der Waals surface area contributed by atoms with Crippen LogP contribution in [0.2, 0.25) is 0 Å². The maximum atomic E-state index is 16.7. The Bertz CT molecular complexity index is 1740. The summed E-state index contributed by atoms with van der Waals surface area (Å²) < 4.78 is 93.0. The molecule has 3 saturated heterocycles. The molecule has 240 valence electrons. The van der Waals surface area contributed by atoms with Crippen LogP contribution >= 0.6 is 0 Å². The third-order valence-electron chi connectivity index (χ3n) is 10.7. The Hall–Kier alpha value is -3.52. The van der Waals surface area contributed by atoms with Gasteiger partial charge in [0, 0.05) is 29.6 Å². The third-order valence-corrected chi connectivity index (χ3v) is 10.7. The molecule has 0 amide bonds. The predicted molar refractivity (Wildman–Crippen MR) is 154 cm³/mol. The Labute approximate surface area is 255 Å². The van der Waals surface area contributed by atoms with Gasteiger partial charge in [-0.3, -0.25) is 0 Å². The number of nitrogens with one attached hydrogen (secondary N) is 1. The second-order valence-electron chi connectivity index (χ2n) is 13.4. The van der Waals surface area contributed by atoms with Crippen molar-refractivity contribution in [3.8, 4) is 23.1 Å². The van der Waals surface area contributed by atoms with E-state index in [-0.39, 0.29) is 59.0 Å². The molecule has 8 rings (SSSR count). The Balaban J connectivity index is 1.34. The molecule has 4 bridgehead atoms. The number of pyridine rings is 1. The van der Waals surface area contributed by atoms with E-state index in [1.807, 2.05) is 6.92 Å². The van der Waals surface area contributed by atoms with Crippen LogP contribution in [0, 0.1) is 29.9 Å². The van der Waals surface area contributed by atoms with Crippen molar-refractivity contribution >= 4 is 22.4 Å². The van der Waals surface area contributed by atoms with Crippen LogP contribution in [0.3, 0.4) is 0 Å². The van der Waals surface area contributed by atoms with E-state index in [0.29, 0.717) is 24.9 Å². The van der Waals surface area contributed by atoms with Gasteiger partial charge >= 0.3 is 12.2 Å². The summed E-state index contributed by atoms with van der Waals surface area (Å²) in [6, 6.07) is 0.674. The van der Waals surface area contributed by atoms with Crippen molar-refractivity contribution in [3.63, 3.8) is 0 Å². The average molecular weight is 633 g/mol. The maximum absolute atomic E-state index is 16.7. The minimum absolute atomic E-state index is 0.0499. The summed E-state index contributed by atoms with van der Waals surface area (Å²) >= 11 is 0. The van der Waals surface area contributed by atoms with Gasteiger partial charge < -0.3 is 30.2 Å². The van der Waals surface area contributed by atoms with E-state index in [1.165, 1.54) is 0 Å².